The van der Waals surface area contributed by atoms with Gasteiger partial charge < -0.3 is 10.1 Å². The van der Waals surface area contributed by atoms with Gasteiger partial charge >= 0.3 is 0 Å². The lowest BCUT2D eigenvalue weighted by atomic mass is 9.95. The van der Waals surface area contributed by atoms with Crippen LogP contribution in [0.2, 0.25) is 0 Å². The molecule has 1 aromatic heterocycles. The molecule has 0 saturated carbocycles. The van der Waals surface area contributed by atoms with Crippen molar-refractivity contribution in [3.8, 4) is 0 Å². The van der Waals surface area contributed by atoms with E-state index in [4.69, 9.17) is 4.74 Å². The molecule has 2 aliphatic heterocycles. The van der Waals surface area contributed by atoms with Crippen molar-refractivity contribution >= 4 is 17.2 Å². The molecular formula is C14H21N3O2S. The molecule has 0 bridgehead atoms. The summed E-state index contributed by atoms with van der Waals surface area (Å²) in [7, 11) is 0. The van der Waals surface area contributed by atoms with Crippen molar-refractivity contribution in [1.82, 2.24) is 15.2 Å². The number of ether oxygens (including phenoxy) is 1. The molecule has 2 fully saturated rings. The molecule has 3 rings (SSSR count). The average Bonchev–Trinajstić information content (AvgIpc) is 2.85. The van der Waals surface area contributed by atoms with Crippen LogP contribution in [0, 0.1) is 6.92 Å². The lowest BCUT2D eigenvalue weighted by Crippen LogP contribution is -2.58. The lowest BCUT2D eigenvalue weighted by Gasteiger charge is -2.47. The zero-order chi connectivity index (χ0) is 13.9. The molecular weight excluding hydrogens is 274 g/mol. The third-order valence-electron chi connectivity index (χ3n) is 4.16. The van der Waals surface area contributed by atoms with Crippen LogP contribution in [0.4, 0.5) is 0 Å². The molecule has 1 N–H and O–H groups in total. The van der Waals surface area contributed by atoms with Crippen LogP contribution in [0.5, 0.6) is 0 Å². The summed E-state index contributed by atoms with van der Waals surface area (Å²) in [5, 5.41) is 5.50. The lowest BCUT2D eigenvalue weighted by molar-refractivity contribution is -0.0222. The van der Waals surface area contributed by atoms with E-state index in [0.29, 0.717) is 17.1 Å². The van der Waals surface area contributed by atoms with Crippen molar-refractivity contribution in [2.75, 3.05) is 26.3 Å². The number of likely N-dealkylation sites (tertiary alicyclic amines) is 1. The van der Waals surface area contributed by atoms with E-state index in [1.807, 2.05) is 12.3 Å². The maximum absolute atomic E-state index is 12.0. The first-order valence-corrected chi connectivity index (χ1v) is 8.16. The second kappa shape index (κ2) is 6.20. The Morgan fingerprint density at radius 3 is 2.90 bits per heavy atom. The fourth-order valence-corrected chi connectivity index (χ4v) is 3.63. The van der Waals surface area contributed by atoms with Gasteiger partial charge in [-0.3, -0.25) is 9.69 Å². The van der Waals surface area contributed by atoms with Crippen LogP contribution in [0.1, 0.15) is 34.8 Å². The summed E-state index contributed by atoms with van der Waals surface area (Å²) >= 11 is 1.41. The molecule has 3 heterocycles. The first kappa shape index (κ1) is 14.0. The van der Waals surface area contributed by atoms with Crippen molar-refractivity contribution < 1.29 is 9.53 Å². The van der Waals surface area contributed by atoms with E-state index in [9.17, 15) is 4.79 Å². The van der Waals surface area contributed by atoms with Crippen LogP contribution in [-0.4, -0.2) is 54.2 Å². The van der Waals surface area contributed by atoms with Crippen LogP contribution >= 0.6 is 11.3 Å². The fraction of sp³-hybridized carbons (Fsp3) is 0.714. The van der Waals surface area contributed by atoms with Gasteiger partial charge in [0.1, 0.15) is 0 Å². The number of hydrogen-bond donors (Lipinski definition) is 1. The van der Waals surface area contributed by atoms with E-state index in [2.05, 4.69) is 15.2 Å². The molecule has 0 radical (unpaired) electrons. The monoisotopic (exact) mass is 295 g/mol. The predicted molar refractivity (Wildman–Crippen MR) is 78.1 cm³/mol. The number of carbonyl (C=O) groups excluding carboxylic acids is 1. The van der Waals surface area contributed by atoms with Gasteiger partial charge in [-0.2, -0.15) is 0 Å². The van der Waals surface area contributed by atoms with Crippen LogP contribution in [0.25, 0.3) is 0 Å². The summed E-state index contributed by atoms with van der Waals surface area (Å²) in [6.07, 6.45) is 3.42. The highest BCUT2D eigenvalue weighted by Crippen LogP contribution is 2.25. The molecule has 1 aromatic rings. The maximum Gasteiger partial charge on any atom is 0.280 e. The molecule has 2 saturated heterocycles. The number of aryl methyl sites for hydroxylation is 1. The number of rotatable bonds is 4. The quantitative estimate of drug-likeness (QED) is 0.913. The predicted octanol–water partition coefficient (Wildman–Crippen LogP) is 1.43. The zero-order valence-corrected chi connectivity index (χ0v) is 12.6. The van der Waals surface area contributed by atoms with E-state index in [1.54, 1.807) is 0 Å². The first-order chi connectivity index (χ1) is 9.74. The zero-order valence-electron chi connectivity index (χ0n) is 11.8. The Kier molecular flexibility index (Phi) is 4.33. The molecule has 6 heteroatoms. The highest BCUT2D eigenvalue weighted by atomic mass is 32.1. The van der Waals surface area contributed by atoms with Crippen LogP contribution in [0.15, 0.2) is 5.38 Å². The Morgan fingerprint density at radius 1 is 1.50 bits per heavy atom. The molecule has 0 spiro atoms. The molecule has 5 nitrogen and oxygen atoms in total. The minimum atomic E-state index is -0.0399. The number of nitrogens with zero attached hydrogens (tertiary/aromatic N) is 2. The van der Waals surface area contributed by atoms with E-state index in [-0.39, 0.29) is 5.91 Å². The van der Waals surface area contributed by atoms with Crippen molar-refractivity contribution in [3.63, 3.8) is 0 Å². The van der Waals surface area contributed by atoms with Crippen molar-refractivity contribution in [2.24, 2.45) is 0 Å². The van der Waals surface area contributed by atoms with Gasteiger partial charge in [-0.05, 0) is 26.2 Å². The van der Waals surface area contributed by atoms with Crippen molar-refractivity contribution in [3.05, 3.63) is 16.1 Å². The van der Waals surface area contributed by atoms with Crippen molar-refractivity contribution in [1.29, 1.82) is 0 Å². The Hall–Kier alpha value is -0.980. The van der Waals surface area contributed by atoms with E-state index in [0.717, 1.165) is 44.8 Å². The highest BCUT2D eigenvalue weighted by Gasteiger charge is 2.34. The summed E-state index contributed by atoms with van der Waals surface area (Å²) in [5.41, 5.74) is 0.910. The normalized spacial score (nSPS) is 24.4. The van der Waals surface area contributed by atoms with Crippen molar-refractivity contribution in [2.45, 2.75) is 38.3 Å². The van der Waals surface area contributed by atoms with Crippen LogP contribution in [-0.2, 0) is 4.74 Å². The molecule has 1 unspecified atom stereocenters. The van der Waals surface area contributed by atoms with Gasteiger partial charge in [0.15, 0.2) is 5.01 Å². The Labute approximate surface area is 123 Å². The largest absolute Gasteiger partial charge is 0.381 e. The summed E-state index contributed by atoms with van der Waals surface area (Å²) < 4.78 is 5.41. The number of amides is 1. The second-order valence-electron chi connectivity index (χ2n) is 5.53. The molecule has 0 aromatic carbocycles. The van der Waals surface area contributed by atoms with Gasteiger partial charge in [0.05, 0.1) is 0 Å². The van der Waals surface area contributed by atoms with Gasteiger partial charge in [-0.15, -0.1) is 11.3 Å². The van der Waals surface area contributed by atoms with E-state index < -0.39 is 0 Å². The van der Waals surface area contributed by atoms with Crippen LogP contribution < -0.4 is 5.32 Å². The Bertz CT molecular complexity index is 471. The summed E-state index contributed by atoms with van der Waals surface area (Å²) in [6, 6.07) is 1.13. The number of carbonyl (C=O) groups is 1. The fourth-order valence-electron chi connectivity index (χ4n) is 2.92. The molecule has 0 aliphatic carbocycles. The van der Waals surface area contributed by atoms with E-state index >= 15 is 0 Å². The van der Waals surface area contributed by atoms with Gasteiger partial charge in [0.2, 0.25) is 0 Å². The topological polar surface area (TPSA) is 54.5 Å². The number of thiazole rings is 1. The first-order valence-electron chi connectivity index (χ1n) is 7.28. The minimum absolute atomic E-state index is 0.0399. The summed E-state index contributed by atoms with van der Waals surface area (Å²) in [6.45, 7) is 5.54. The molecule has 1 atom stereocenters. The van der Waals surface area contributed by atoms with E-state index in [1.165, 1.54) is 17.8 Å². The Balaban J connectivity index is 1.47. The molecule has 2 aliphatic rings. The highest BCUT2D eigenvalue weighted by molar-refractivity contribution is 7.11. The number of nitrogens with one attached hydrogen (secondary N) is 1. The number of aromatic nitrogens is 1. The Morgan fingerprint density at radius 2 is 2.30 bits per heavy atom. The third kappa shape index (κ3) is 3.02. The van der Waals surface area contributed by atoms with Gasteiger partial charge in [-0.1, -0.05) is 0 Å². The average molecular weight is 295 g/mol. The second-order valence-corrected chi connectivity index (χ2v) is 6.39. The smallest absolute Gasteiger partial charge is 0.280 e. The maximum atomic E-state index is 12.0. The van der Waals surface area contributed by atoms with Gasteiger partial charge in [-0.25, -0.2) is 4.98 Å². The van der Waals surface area contributed by atoms with Crippen LogP contribution in [0.3, 0.4) is 0 Å². The number of hydrogen-bond acceptors (Lipinski definition) is 5. The molecule has 20 heavy (non-hydrogen) atoms. The molecule has 1 amide bonds. The summed E-state index contributed by atoms with van der Waals surface area (Å²) in [4.78, 5) is 18.7. The molecule has 110 valence electrons. The SMILES string of the molecule is Cc1csc(C(=O)NCC2CCN2C2CCOCC2)n1. The van der Waals surface area contributed by atoms with Gasteiger partial charge in [0, 0.05) is 49.5 Å². The minimum Gasteiger partial charge on any atom is -0.381 e. The summed E-state index contributed by atoms with van der Waals surface area (Å²) in [5.74, 6) is -0.0399. The standard InChI is InChI=1S/C14H21N3O2S/c1-10-9-20-14(16-10)13(18)15-8-12-2-5-17(12)11-3-6-19-7-4-11/h9,11-12H,2-8H2,1H3,(H,15,18). The van der Waals surface area contributed by atoms with Gasteiger partial charge in [0.25, 0.3) is 5.91 Å². The third-order valence-corrected chi connectivity index (χ3v) is 5.12.